The average molecular weight is 267 g/mol. The number of benzene rings is 2. The topological polar surface area (TPSA) is 38.3 Å². The molecule has 0 fully saturated rings. The molecule has 2 aromatic carbocycles. The van der Waals surface area contributed by atoms with E-state index in [9.17, 15) is 4.79 Å². The minimum Gasteiger partial charge on any atom is -0.446 e. The van der Waals surface area contributed by atoms with Crippen LogP contribution < -0.4 is 5.32 Å². The maximum absolute atomic E-state index is 11.9. The molecule has 3 heteroatoms. The van der Waals surface area contributed by atoms with Crippen LogP contribution in [0.4, 0.5) is 0 Å². The van der Waals surface area contributed by atoms with E-state index in [2.05, 4.69) is 17.4 Å². The number of carbonyl (C=O) groups excluding carboxylic acids is 1. The van der Waals surface area contributed by atoms with Gasteiger partial charge in [0.15, 0.2) is 6.23 Å². The number of esters is 1. The van der Waals surface area contributed by atoms with E-state index in [1.165, 1.54) is 11.1 Å². The van der Waals surface area contributed by atoms with Gasteiger partial charge in [0, 0.05) is 13.0 Å². The van der Waals surface area contributed by atoms with Crippen molar-refractivity contribution in [1.29, 1.82) is 0 Å². The first kappa shape index (κ1) is 12.9. The van der Waals surface area contributed by atoms with Gasteiger partial charge in [0.05, 0.1) is 6.42 Å². The predicted octanol–water partition coefficient (Wildman–Crippen LogP) is 2.44. The smallest absolute Gasteiger partial charge is 0.311 e. The van der Waals surface area contributed by atoms with Crippen LogP contribution in [0, 0.1) is 0 Å². The van der Waals surface area contributed by atoms with Crippen molar-refractivity contribution in [2.24, 2.45) is 0 Å². The average Bonchev–Trinajstić information content (AvgIpc) is 2.48. The van der Waals surface area contributed by atoms with E-state index in [-0.39, 0.29) is 12.2 Å². The van der Waals surface area contributed by atoms with Crippen molar-refractivity contribution >= 4 is 5.97 Å². The van der Waals surface area contributed by atoms with Crippen molar-refractivity contribution in [3.8, 4) is 0 Å². The first-order valence-electron chi connectivity index (χ1n) is 6.85. The maximum atomic E-state index is 11.9. The lowest BCUT2D eigenvalue weighted by molar-refractivity contribution is -0.150. The Bertz CT molecular complexity index is 595. The van der Waals surface area contributed by atoms with E-state index in [4.69, 9.17) is 4.74 Å². The van der Waals surface area contributed by atoms with Gasteiger partial charge in [0.1, 0.15) is 0 Å². The summed E-state index contributed by atoms with van der Waals surface area (Å²) < 4.78 is 5.50. The van der Waals surface area contributed by atoms with Crippen LogP contribution in [0.15, 0.2) is 54.6 Å². The summed E-state index contributed by atoms with van der Waals surface area (Å²) in [5.74, 6) is -0.187. The van der Waals surface area contributed by atoms with E-state index >= 15 is 0 Å². The van der Waals surface area contributed by atoms with Crippen molar-refractivity contribution in [1.82, 2.24) is 5.32 Å². The van der Waals surface area contributed by atoms with Gasteiger partial charge < -0.3 is 4.74 Å². The number of rotatable bonds is 3. The second-order valence-corrected chi connectivity index (χ2v) is 4.99. The molecular formula is C17H17NO2. The molecular weight excluding hydrogens is 250 g/mol. The van der Waals surface area contributed by atoms with Gasteiger partial charge in [-0.1, -0.05) is 54.6 Å². The molecule has 0 radical (unpaired) electrons. The zero-order valence-corrected chi connectivity index (χ0v) is 11.2. The van der Waals surface area contributed by atoms with Crippen LogP contribution in [-0.4, -0.2) is 12.2 Å². The molecule has 1 N–H and O–H groups in total. The van der Waals surface area contributed by atoms with Crippen LogP contribution >= 0.6 is 0 Å². The van der Waals surface area contributed by atoms with Crippen LogP contribution in [0.2, 0.25) is 0 Å². The Morgan fingerprint density at radius 3 is 2.55 bits per heavy atom. The molecule has 1 aliphatic rings. The monoisotopic (exact) mass is 267 g/mol. The maximum Gasteiger partial charge on any atom is 0.311 e. The normalized spacial score (nSPS) is 17.3. The van der Waals surface area contributed by atoms with Gasteiger partial charge in [-0.2, -0.15) is 0 Å². The lowest BCUT2D eigenvalue weighted by Crippen LogP contribution is -2.39. The van der Waals surface area contributed by atoms with E-state index in [0.29, 0.717) is 6.42 Å². The largest absolute Gasteiger partial charge is 0.446 e. The van der Waals surface area contributed by atoms with Crippen molar-refractivity contribution in [2.45, 2.75) is 25.6 Å². The van der Waals surface area contributed by atoms with E-state index in [1.54, 1.807) is 0 Å². The molecule has 3 nitrogen and oxygen atoms in total. The molecule has 0 saturated carbocycles. The molecule has 0 amide bonds. The molecule has 3 rings (SSSR count). The first-order valence-corrected chi connectivity index (χ1v) is 6.85. The minimum atomic E-state index is -0.221. The Morgan fingerprint density at radius 2 is 1.75 bits per heavy atom. The van der Waals surface area contributed by atoms with Crippen LogP contribution in [0.3, 0.4) is 0 Å². The van der Waals surface area contributed by atoms with E-state index in [1.807, 2.05) is 42.5 Å². The molecule has 1 atom stereocenters. The van der Waals surface area contributed by atoms with E-state index < -0.39 is 0 Å². The number of nitrogens with one attached hydrogen (secondary N) is 1. The van der Waals surface area contributed by atoms with Crippen molar-refractivity contribution in [2.75, 3.05) is 0 Å². The summed E-state index contributed by atoms with van der Waals surface area (Å²) in [6, 6.07) is 17.9. The zero-order valence-electron chi connectivity index (χ0n) is 11.2. The van der Waals surface area contributed by atoms with Gasteiger partial charge >= 0.3 is 5.97 Å². The van der Waals surface area contributed by atoms with Crippen molar-refractivity contribution in [3.63, 3.8) is 0 Å². The first-order chi connectivity index (χ1) is 9.81. The second kappa shape index (κ2) is 5.88. The Balaban J connectivity index is 1.58. The molecule has 1 aliphatic heterocycles. The standard InChI is InChI=1S/C17H17NO2/c19-17(10-13-6-2-1-3-7-13)20-16-11-14-8-4-5-9-15(14)12-18-16/h1-9,16,18H,10-12H2/t16-/m1/s1. The van der Waals surface area contributed by atoms with Crippen LogP contribution in [0.25, 0.3) is 0 Å². The van der Waals surface area contributed by atoms with Gasteiger partial charge in [-0.3, -0.25) is 10.1 Å². The Labute approximate surface area is 118 Å². The minimum absolute atomic E-state index is 0.187. The highest BCUT2D eigenvalue weighted by Gasteiger charge is 2.20. The fourth-order valence-corrected chi connectivity index (χ4v) is 2.47. The van der Waals surface area contributed by atoms with Gasteiger partial charge in [0.25, 0.3) is 0 Å². The highest BCUT2D eigenvalue weighted by molar-refractivity contribution is 5.72. The quantitative estimate of drug-likeness (QED) is 0.868. The number of carbonyl (C=O) groups is 1. The molecule has 20 heavy (non-hydrogen) atoms. The molecule has 102 valence electrons. The number of hydrogen-bond donors (Lipinski definition) is 1. The highest BCUT2D eigenvalue weighted by Crippen LogP contribution is 2.17. The number of fused-ring (bicyclic) bond motifs is 1. The molecule has 0 aliphatic carbocycles. The lowest BCUT2D eigenvalue weighted by Gasteiger charge is -2.25. The van der Waals surface area contributed by atoms with E-state index in [0.717, 1.165) is 18.5 Å². The summed E-state index contributed by atoms with van der Waals surface area (Å²) in [5, 5.41) is 3.25. The van der Waals surface area contributed by atoms with Gasteiger partial charge in [0.2, 0.25) is 0 Å². The Hall–Kier alpha value is -2.13. The molecule has 1 heterocycles. The molecule has 0 aromatic heterocycles. The molecule has 0 unspecified atom stereocenters. The molecule has 0 bridgehead atoms. The van der Waals surface area contributed by atoms with Crippen LogP contribution in [0.1, 0.15) is 16.7 Å². The summed E-state index contributed by atoms with van der Waals surface area (Å²) in [5.41, 5.74) is 3.51. The van der Waals surface area contributed by atoms with Crippen LogP contribution in [-0.2, 0) is 28.9 Å². The SMILES string of the molecule is O=C(Cc1ccccc1)O[C@@H]1Cc2ccccc2CN1. The third-order valence-corrected chi connectivity index (χ3v) is 3.51. The highest BCUT2D eigenvalue weighted by atomic mass is 16.6. The molecule has 2 aromatic rings. The third-order valence-electron chi connectivity index (χ3n) is 3.51. The summed E-state index contributed by atoms with van der Waals surface area (Å²) in [4.78, 5) is 11.9. The van der Waals surface area contributed by atoms with Crippen LogP contribution in [0.5, 0.6) is 0 Å². The fourth-order valence-electron chi connectivity index (χ4n) is 2.47. The van der Waals surface area contributed by atoms with Crippen molar-refractivity contribution < 1.29 is 9.53 Å². The summed E-state index contributed by atoms with van der Waals surface area (Å²) >= 11 is 0. The Morgan fingerprint density at radius 1 is 1.05 bits per heavy atom. The van der Waals surface area contributed by atoms with Gasteiger partial charge in [-0.15, -0.1) is 0 Å². The summed E-state index contributed by atoms with van der Waals surface area (Å²) in [6.07, 6.45) is 0.832. The molecule has 0 spiro atoms. The van der Waals surface area contributed by atoms with Crippen molar-refractivity contribution in [3.05, 3.63) is 71.3 Å². The summed E-state index contributed by atoms with van der Waals surface area (Å²) in [7, 11) is 0. The zero-order chi connectivity index (χ0) is 13.8. The lowest BCUT2D eigenvalue weighted by atomic mass is 10.0. The predicted molar refractivity (Wildman–Crippen MR) is 77.0 cm³/mol. The van der Waals surface area contributed by atoms with Gasteiger partial charge in [-0.25, -0.2) is 0 Å². The number of hydrogen-bond acceptors (Lipinski definition) is 3. The van der Waals surface area contributed by atoms with Gasteiger partial charge in [-0.05, 0) is 16.7 Å². The summed E-state index contributed by atoms with van der Waals surface area (Å²) in [6.45, 7) is 0.749. The fraction of sp³-hybridized carbons (Fsp3) is 0.235. The second-order valence-electron chi connectivity index (χ2n) is 4.99. The molecule has 0 saturated heterocycles. The Kier molecular flexibility index (Phi) is 3.79. The third kappa shape index (κ3) is 3.06. The number of ether oxygens (including phenoxy) is 1.